The first-order valence-electron chi connectivity index (χ1n) is 6.74. The van der Waals surface area contributed by atoms with Crippen molar-refractivity contribution in [2.75, 3.05) is 6.54 Å². The molecular formula is C14H29N. The highest BCUT2D eigenvalue weighted by Crippen LogP contribution is 2.25. The van der Waals surface area contributed by atoms with E-state index in [0.29, 0.717) is 5.41 Å². The van der Waals surface area contributed by atoms with Crippen molar-refractivity contribution < 1.29 is 0 Å². The fourth-order valence-corrected chi connectivity index (χ4v) is 2.44. The zero-order valence-electron chi connectivity index (χ0n) is 11.1. The minimum absolute atomic E-state index is 0.427. The molecule has 90 valence electrons. The highest BCUT2D eigenvalue weighted by Gasteiger charge is 2.19. The maximum atomic E-state index is 3.75. The Morgan fingerprint density at radius 2 is 1.80 bits per heavy atom. The van der Waals surface area contributed by atoms with Crippen molar-refractivity contribution in [2.24, 2.45) is 11.3 Å². The number of rotatable bonds is 3. The third-order valence-electron chi connectivity index (χ3n) is 3.59. The molecule has 0 aromatic rings. The molecular weight excluding hydrogens is 182 g/mol. The van der Waals surface area contributed by atoms with Gasteiger partial charge in [0.1, 0.15) is 0 Å². The molecule has 2 unspecified atom stereocenters. The van der Waals surface area contributed by atoms with Crippen LogP contribution in [0.1, 0.15) is 66.2 Å². The minimum atomic E-state index is 0.427. The third-order valence-corrected chi connectivity index (χ3v) is 3.59. The second kappa shape index (κ2) is 5.89. The Bertz CT molecular complexity index is 169. The van der Waals surface area contributed by atoms with E-state index in [1.807, 2.05) is 0 Å². The van der Waals surface area contributed by atoms with Crippen LogP contribution in [-0.4, -0.2) is 12.6 Å². The second-order valence-electron chi connectivity index (χ2n) is 6.42. The summed E-state index contributed by atoms with van der Waals surface area (Å²) in [4.78, 5) is 0. The fraction of sp³-hybridized carbons (Fsp3) is 1.00. The molecule has 1 saturated carbocycles. The van der Waals surface area contributed by atoms with Crippen molar-refractivity contribution in [1.29, 1.82) is 0 Å². The molecule has 0 heterocycles. The summed E-state index contributed by atoms with van der Waals surface area (Å²) in [6.07, 6.45) is 8.51. The van der Waals surface area contributed by atoms with Crippen molar-refractivity contribution >= 4 is 0 Å². The molecule has 1 fully saturated rings. The fourth-order valence-electron chi connectivity index (χ4n) is 2.44. The van der Waals surface area contributed by atoms with Crippen LogP contribution in [0.2, 0.25) is 0 Å². The summed E-state index contributed by atoms with van der Waals surface area (Å²) in [5.74, 6) is 1.01. The second-order valence-corrected chi connectivity index (χ2v) is 6.42. The van der Waals surface area contributed by atoms with Gasteiger partial charge in [-0.15, -0.1) is 0 Å². The lowest BCUT2D eigenvalue weighted by Gasteiger charge is -2.24. The molecule has 1 heteroatoms. The van der Waals surface area contributed by atoms with Gasteiger partial charge in [-0.1, -0.05) is 47.0 Å². The summed E-state index contributed by atoms with van der Waals surface area (Å²) < 4.78 is 0. The molecule has 0 bridgehead atoms. The van der Waals surface area contributed by atoms with Crippen molar-refractivity contribution in [3.8, 4) is 0 Å². The van der Waals surface area contributed by atoms with E-state index in [-0.39, 0.29) is 0 Å². The SMILES string of the molecule is CCC1CCCC(NCC(C)(C)C)CC1. The first-order chi connectivity index (χ1) is 7.01. The molecule has 1 N–H and O–H groups in total. The Balaban J connectivity index is 2.25. The van der Waals surface area contributed by atoms with Gasteiger partial charge in [-0.3, -0.25) is 0 Å². The number of nitrogens with one attached hydrogen (secondary N) is 1. The summed E-state index contributed by atoms with van der Waals surface area (Å²) in [6.45, 7) is 10.4. The van der Waals surface area contributed by atoms with Crippen molar-refractivity contribution in [3.63, 3.8) is 0 Å². The van der Waals surface area contributed by atoms with Crippen LogP contribution in [0.3, 0.4) is 0 Å². The van der Waals surface area contributed by atoms with Gasteiger partial charge in [0.2, 0.25) is 0 Å². The van der Waals surface area contributed by atoms with Gasteiger partial charge in [-0.05, 0) is 30.6 Å². The van der Waals surface area contributed by atoms with Gasteiger partial charge in [0.15, 0.2) is 0 Å². The van der Waals surface area contributed by atoms with Crippen LogP contribution < -0.4 is 5.32 Å². The van der Waals surface area contributed by atoms with Gasteiger partial charge in [0.05, 0.1) is 0 Å². The van der Waals surface area contributed by atoms with Crippen LogP contribution in [0.4, 0.5) is 0 Å². The van der Waals surface area contributed by atoms with Crippen molar-refractivity contribution in [3.05, 3.63) is 0 Å². The van der Waals surface area contributed by atoms with Crippen LogP contribution in [0.15, 0.2) is 0 Å². The van der Waals surface area contributed by atoms with E-state index in [0.717, 1.165) is 18.5 Å². The Labute approximate surface area is 96.0 Å². The first kappa shape index (κ1) is 13.0. The van der Waals surface area contributed by atoms with E-state index in [9.17, 15) is 0 Å². The average Bonchev–Trinajstić information content (AvgIpc) is 2.38. The van der Waals surface area contributed by atoms with Crippen molar-refractivity contribution in [1.82, 2.24) is 5.32 Å². The first-order valence-corrected chi connectivity index (χ1v) is 6.74. The molecule has 2 atom stereocenters. The predicted octanol–water partition coefficient (Wildman–Crippen LogP) is 3.98. The smallest absolute Gasteiger partial charge is 0.00673 e. The summed E-state index contributed by atoms with van der Waals surface area (Å²) in [6, 6.07) is 0.792. The Kier molecular flexibility index (Phi) is 5.11. The maximum absolute atomic E-state index is 3.75. The molecule has 1 aliphatic rings. The molecule has 0 amide bonds. The van der Waals surface area contributed by atoms with Crippen molar-refractivity contribution in [2.45, 2.75) is 72.3 Å². The zero-order valence-corrected chi connectivity index (χ0v) is 11.1. The highest BCUT2D eigenvalue weighted by molar-refractivity contribution is 4.76. The van der Waals surface area contributed by atoms with Gasteiger partial charge in [-0.25, -0.2) is 0 Å². The van der Waals surface area contributed by atoms with Crippen LogP contribution in [0.5, 0.6) is 0 Å². The normalized spacial score (nSPS) is 28.8. The molecule has 0 saturated heterocycles. The van der Waals surface area contributed by atoms with Gasteiger partial charge in [-0.2, -0.15) is 0 Å². The molecule has 0 aromatic carbocycles. The number of hydrogen-bond acceptors (Lipinski definition) is 1. The third kappa shape index (κ3) is 5.55. The molecule has 15 heavy (non-hydrogen) atoms. The van der Waals surface area contributed by atoms with Crippen LogP contribution in [0.25, 0.3) is 0 Å². The molecule has 0 aliphatic heterocycles. The molecule has 1 aliphatic carbocycles. The lowest BCUT2D eigenvalue weighted by molar-refractivity contribution is 0.334. The Morgan fingerprint density at radius 1 is 1.07 bits per heavy atom. The summed E-state index contributed by atoms with van der Waals surface area (Å²) in [5, 5.41) is 3.75. The summed E-state index contributed by atoms with van der Waals surface area (Å²) >= 11 is 0. The van der Waals surface area contributed by atoms with Gasteiger partial charge >= 0.3 is 0 Å². The zero-order chi connectivity index (χ0) is 11.3. The summed E-state index contributed by atoms with van der Waals surface area (Å²) in [5.41, 5.74) is 0.427. The summed E-state index contributed by atoms with van der Waals surface area (Å²) in [7, 11) is 0. The molecule has 0 aromatic heterocycles. The Hall–Kier alpha value is -0.0400. The molecule has 0 spiro atoms. The molecule has 1 nitrogen and oxygen atoms in total. The van der Waals surface area contributed by atoms with E-state index in [2.05, 4.69) is 33.0 Å². The average molecular weight is 211 g/mol. The van der Waals surface area contributed by atoms with Crippen LogP contribution in [0, 0.1) is 11.3 Å². The van der Waals surface area contributed by atoms with E-state index in [1.54, 1.807) is 0 Å². The largest absolute Gasteiger partial charge is 0.313 e. The lowest BCUT2D eigenvalue weighted by atomic mass is 9.95. The maximum Gasteiger partial charge on any atom is 0.00673 e. The van der Waals surface area contributed by atoms with Gasteiger partial charge in [0.25, 0.3) is 0 Å². The lowest BCUT2D eigenvalue weighted by Crippen LogP contribution is -2.35. The van der Waals surface area contributed by atoms with Crippen LogP contribution in [-0.2, 0) is 0 Å². The highest BCUT2D eigenvalue weighted by atomic mass is 14.9. The van der Waals surface area contributed by atoms with Gasteiger partial charge < -0.3 is 5.32 Å². The minimum Gasteiger partial charge on any atom is -0.313 e. The molecule has 1 rings (SSSR count). The van der Waals surface area contributed by atoms with Crippen LogP contribution >= 0.6 is 0 Å². The molecule has 0 radical (unpaired) electrons. The Morgan fingerprint density at radius 3 is 2.40 bits per heavy atom. The van der Waals surface area contributed by atoms with E-state index < -0.39 is 0 Å². The quantitative estimate of drug-likeness (QED) is 0.696. The topological polar surface area (TPSA) is 12.0 Å². The van der Waals surface area contributed by atoms with E-state index in [4.69, 9.17) is 0 Å². The van der Waals surface area contributed by atoms with Gasteiger partial charge in [0, 0.05) is 12.6 Å². The van der Waals surface area contributed by atoms with E-state index >= 15 is 0 Å². The van der Waals surface area contributed by atoms with E-state index in [1.165, 1.54) is 38.5 Å². The predicted molar refractivity (Wildman–Crippen MR) is 68.1 cm³/mol. The monoisotopic (exact) mass is 211 g/mol. The standard InChI is InChI=1S/C14H29N/c1-5-12-7-6-8-13(10-9-12)15-11-14(2,3)4/h12-13,15H,5-11H2,1-4H3. The number of hydrogen-bond donors (Lipinski definition) is 1.